The van der Waals surface area contributed by atoms with Crippen molar-refractivity contribution >= 4 is 5.91 Å². The summed E-state index contributed by atoms with van der Waals surface area (Å²) in [6.45, 7) is 11.3. The van der Waals surface area contributed by atoms with Crippen LogP contribution in [0.25, 0.3) is 0 Å². The molecule has 0 bridgehead atoms. The number of carbonyl (C=O) groups excluding carboxylic acids is 1. The van der Waals surface area contributed by atoms with Gasteiger partial charge in [-0.1, -0.05) is 26.8 Å². The molecule has 19 heavy (non-hydrogen) atoms. The van der Waals surface area contributed by atoms with Gasteiger partial charge in [0.15, 0.2) is 0 Å². The van der Waals surface area contributed by atoms with Crippen molar-refractivity contribution in [1.29, 1.82) is 0 Å². The molecule has 1 N–H and O–H groups in total. The van der Waals surface area contributed by atoms with Crippen molar-refractivity contribution in [1.82, 2.24) is 10.3 Å². The summed E-state index contributed by atoms with van der Waals surface area (Å²) in [5.74, 6) is 0.251. The molecule has 1 fully saturated rings. The molecular formula is C15H24N2O2. The molecule has 1 amide bonds. The molecule has 0 radical (unpaired) electrons. The van der Waals surface area contributed by atoms with Crippen molar-refractivity contribution in [2.75, 3.05) is 13.2 Å². The van der Waals surface area contributed by atoms with Gasteiger partial charge < -0.3 is 10.1 Å². The van der Waals surface area contributed by atoms with Crippen LogP contribution >= 0.6 is 0 Å². The Morgan fingerprint density at radius 1 is 1.32 bits per heavy atom. The quantitative estimate of drug-likeness (QED) is 0.893. The SMILES string of the molecule is CC.Cc1ccc(C(=O)NC2COCC2C)nc1C. The third kappa shape index (κ3) is 4.03. The van der Waals surface area contributed by atoms with Crippen molar-refractivity contribution < 1.29 is 9.53 Å². The highest BCUT2D eigenvalue weighted by atomic mass is 16.5. The van der Waals surface area contributed by atoms with Crippen molar-refractivity contribution in [3.63, 3.8) is 0 Å². The molecule has 0 aromatic carbocycles. The average molecular weight is 264 g/mol. The topological polar surface area (TPSA) is 51.2 Å². The molecule has 0 aliphatic carbocycles. The summed E-state index contributed by atoms with van der Waals surface area (Å²) >= 11 is 0. The fourth-order valence-electron chi connectivity index (χ4n) is 1.84. The maximum atomic E-state index is 12.0. The van der Waals surface area contributed by atoms with Crippen molar-refractivity contribution in [2.45, 2.75) is 40.7 Å². The van der Waals surface area contributed by atoms with Crippen LogP contribution in [0.4, 0.5) is 0 Å². The monoisotopic (exact) mass is 264 g/mol. The third-order valence-electron chi connectivity index (χ3n) is 3.26. The minimum Gasteiger partial charge on any atom is -0.379 e. The van der Waals surface area contributed by atoms with Crippen molar-refractivity contribution in [3.05, 3.63) is 29.1 Å². The van der Waals surface area contributed by atoms with Gasteiger partial charge in [0.2, 0.25) is 0 Å². The van der Waals surface area contributed by atoms with Gasteiger partial charge in [-0.2, -0.15) is 0 Å². The minimum atomic E-state index is -0.115. The average Bonchev–Trinajstić information content (AvgIpc) is 2.81. The lowest BCUT2D eigenvalue weighted by atomic mass is 10.1. The van der Waals surface area contributed by atoms with Crippen molar-refractivity contribution in [2.24, 2.45) is 5.92 Å². The summed E-state index contributed by atoms with van der Waals surface area (Å²) in [7, 11) is 0. The van der Waals surface area contributed by atoms with Gasteiger partial charge in [0, 0.05) is 11.6 Å². The Balaban J connectivity index is 0.000000861. The molecule has 2 atom stereocenters. The molecule has 0 saturated carbocycles. The maximum Gasteiger partial charge on any atom is 0.270 e. The molecule has 4 nitrogen and oxygen atoms in total. The van der Waals surface area contributed by atoms with Crippen LogP contribution in [-0.2, 0) is 4.74 Å². The van der Waals surface area contributed by atoms with Crippen LogP contribution in [0.2, 0.25) is 0 Å². The molecule has 0 spiro atoms. The maximum absolute atomic E-state index is 12.0. The summed E-state index contributed by atoms with van der Waals surface area (Å²) in [5, 5.41) is 2.97. The lowest BCUT2D eigenvalue weighted by Crippen LogP contribution is -2.39. The lowest BCUT2D eigenvalue weighted by Gasteiger charge is -2.15. The number of amides is 1. The second-order valence-corrected chi connectivity index (χ2v) is 4.69. The summed E-state index contributed by atoms with van der Waals surface area (Å²) in [6, 6.07) is 3.79. The normalized spacial score (nSPS) is 21.5. The molecule has 1 aromatic rings. The zero-order valence-electron chi connectivity index (χ0n) is 12.5. The van der Waals surface area contributed by atoms with E-state index in [-0.39, 0.29) is 11.9 Å². The Hall–Kier alpha value is -1.42. The van der Waals surface area contributed by atoms with E-state index in [1.807, 2.05) is 33.8 Å². The molecule has 1 aromatic heterocycles. The molecule has 2 unspecified atom stereocenters. The zero-order valence-corrected chi connectivity index (χ0v) is 12.5. The van der Waals surface area contributed by atoms with E-state index in [1.165, 1.54) is 0 Å². The van der Waals surface area contributed by atoms with Gasteiger partial charge in [0.1, 0.15) is 5.69 Å². The van der Waals surface area contributed by atoms with E-state index in [9.17, 15) is 4.79 Å². The molecule has 2 heterocycles. The van der Waals surface area contributed by atoms with Gasteiger partial charge >= 0.3 is 0 Å². The van der Waals surface area contributed by atoms with E-state index in [2.05, 4.69) is 17.2 Å². The standard InChI is InChI=1S/C13H18N2O2.C2H6/c1-8-4-5-11(14-10(8)3)13(16)15-12-7-17-6-9(12)2;1-2/h4-5,9,12H,6-7H2,1-3H3,(H,15,16);1-2H3. The van der Waals surface area contributed by atoms with Crippen molar-refractivity contribution in [3.8, 4) is 0 Å². The van der Waals surface area contributed by atoms with Crippen LogP contribution < -0.4 is 5.32 Å². The molecule has 4 heteroatoms. The second-order valence-electron chi connectivity index (χ2n) is 4.69. The Morgan fingerprint density at radius 3 is 2.53 bits per heavy atom. The Labute approximate surface area is 115 Å². The number of aryl methyl sites for hydroxylation is 2. The number of ether oxygens (including phenoxy) is 1. The zero-order chi connectivity index (χ0) is 14.4. The molecule has 1 aliphatic rings. The van der Waals surface area contributed by atoms with Gasteiger partial charge in [-0.25, -0.2) is 4.98 Å². The lowest BCUT2D eigenvalue weighted by molar-refractivity contribution is 0.0920. The molecule has 106 valence electrons. The van der Waals surface area contributed by atoms with Gasteiger partial charge in [0.05, 0.1) is 19.3 Å². The second kappa shape index (κ2) is 7.24. The first-order chi connectivity index (χ1) is 9.08. The van der Waals surface area contributed by atoms with E-state index in [1.54, 1.807) is 6.07 Å². The van der Waals surface area contributed by atoms with Crippen LogP contribution in [0.5, 0.6) is 0 Å². The number of carbonyl (C=O) groups is 1. The highest BCUT2D eigenvalue weighted by molar-refractivity contribution is 5.92. The Morgan fingerprint density at radius 2 is 2.00 bits per heavy atom. The van der Waals surface area contributed by atoms with Crippen LogP contribution in [0.1, 0.15) is 42.5 Å². The van der Waals surface area contributed by atoms with E-state index in [0.29, 0.717) is 24.8 Å². The number of hydrogen-bond donors (Lipinski definition) is 1. The number of aromatic nitrogens is 1. The predicted octanol–water partition coefficient (Wildman–Crippen LogP) is 2.49. The van der Waals surface area contributed by atoms with E-state index in [0.717, 1.165) is 11.3 Å². The summed E-state index contributed by atoms with van der Waals surface area (Å²) in [4.78, 5) is 16.3. The molecule has 2 rings (SSSR count). The Bertz CT molecular complexity index is 432. The predicted molar refractivity (Wildman–Crippen MR) is 76.3 cm³/mol. The fourth-order valence-corrected chi connectivity index (χ4v) is 1.84. The summed E-state index contributed by atoms with van der Waals surface area (Å²) in [5.41, 5.74) is 2.47. The van der Waals surface area contributed by atoms with Crippen LogP contribution in [-0.4, -0.2) is 30.1 Å². The first kappa shape index (κ1) is 15.6. The smallest absolute Gasteiger partial charge is 0.270 e. The van der Waals surface area contributed by atoms with Crippen LogP contribution in [0.3, 0.4) is 0 Å². The highest BCUT2D eigenvalue weighted by Gasteiger charge is 2.26. The first-order valence-corrected chi connectivity index (χ1v) is 6.91. The molecule has 1 saturated heterocycles. The van der Waals surface area contributed by atoms with Gasteiger partial charge in [-0.05, 0) is 25.5 Å². The fraction of sp³-hybridized carbons (Fsp3) is 0.600. The number of nitrogens with zero attached hydrogens (tertiary/aromatic N) is 1. The first-order valence-electron chi connectivity index (χ1n) is 6.91. The Kier molecular flexibility index (Phi) is 5.96. The van der Waals surface area contributed by atoms with E-state index >= 15 is 0 Å². The third-order valence-corrected chi connectivity index (χ3v) is 3.26. The van der Waals surface area contributed by atoms with E-state index < -0.39 is 0 Å². The van der Waals surface area contributed by atoms with E-state index in [4.69, 9.17) is 4.74 Å². The van der Waals surface area contributed by atoms with Gasteiger partial charge in [-0.3, -0.25) is 4.79 Å². The number of hydrogen-bond acceptors (Lipinski definition) is 3. The number of pyridine rings is 1. The van der Waals surface area contributed by atoms with Crippen LogP contribution in [0.15, 0.2) is 12.1 Å². The highest BCUT2D eigenvalue weighted by Crippen LogP contribution is 2.13. The summed E-state index contributed by atoms with van der Waals surface area (Å²) in [6.07, 6.45) is 0. The summed E-state index contributed by atoms with van der Waals surface area (Å²) < 4.78 is 5.31. The number of nitrogens with one attached hydrogen (secondary N) is 1. The minimum absolute atomic E-state index is 0.103. The molecular weight excluding hydrogens is 240 g/mol. The van der Waals surface area contributed by atoms with Gasteiger partial charge in [-0.15, -0.1) is 0 Å². The van der Waals surface area contributed by atoms with Gasteiger partial charge in [0.25, 0.3) is 5.91 Å². The number of rotatable bonds is 2. The largest absolute Gasteiger partial charge is 0.379 e. The molecule has 1 aliphatic heterocycles. The van der Waals surface area contributed by atoms with Crippen LogP contribution in [0, 0.1) is 19.8 Å².